The number of anilines is 1. The maximum Gasteiger partial charge on any atom is 0.270 e. The fourth-order valence-corrected chi connectivity index (χ4v) is 3.89. The highest BCUT2D eigenvalue weighted by Crippen LogP contribution is 2.34. The first-order chi connectivity index (χ1) is 15.0. The number of amides is 2. The zero-order valence-corrected chi connectivity index (χ0v) is 17.0. The Morgan fingerprint density at radius 3 is 2.61 bits per heavy atom. The lowest BCUT2D eigenvalue weighted by atomic mass is 10.1. The zero-order chi connectivity index (χ0) is 21.8. The van der Waals surface area contributed by atoms with Gasteiger partial charge in [-0.05, 0) is 43.0 Å². The Bertz CT molecular complexity index is 1030. The number of carbonyl (C=O) groups excluding carboxylic acids is 2. The van der Waals surface area contributed by atoms with Crippen LogP contribution in [0, 0.1) is 10.1 Å². The second-order valence-corrected chi connectivity index (χ2v) is 7.59. The van der Waals surface area contributed by atoms with Crippen molar-refractivity contribution >= 4 is 29.3 Å². The van der Waals surface area contributed by atoms with E-state index in [0.717, 1.165) is 19.3 Å². The molecule has 2 aliphatic heterocycles. The molecule has 0 unspecified atom stereocenters. The maximum atomic E-state index is 13.0. The molecule has 2 heterocycles. The Morgan fingerprint density at radius 2 is 1.84 bits per heavy atom. The van der Waals surface area contributed by atoms with Gasteiger partial charge in [-0.2, -0.15) is 0 Å². The number of nitrogens with zero attached hydrogens (tertiary/aromatic N) is 3. The molecular weight excluding hydrogens is 398 g/mol. The van der Waals surface area contributed by atoms with Crippen LogP contribution in [0.3, 0.4) is 0 Å². The molecule has 4 rings (SSSR count). The molecule has 8 heteroatoms. The summed E-state index contributed by atoms with van der Waals surface area (Å²) in [6.45, 7) is 1.53. The van der Waals surface area contributed by atoms with Gasteiger partial charge in [0.05, 0.1) is 17.2 Å². The Morgan fingerprint density at radius 1 is 1.06 bits per heavy atom. The summed E-state index contributed by atoms with van der Waals surface area (Å²) in [6.07, 6.45) is 5.21. The molecule has 160 valence electrons. The van der Waals surface area contributed by atoms with E-state index in [9.17, 15) is 19.7 Å². The van der Waals surface area contributed by atoms with Gasteiger partial charge < -0.3 is 14.5 Å². The van der Waals surface area contributed by atoms with Gasteiger partial charge in [-0.3, -0.25) is 19.7 Å². The standard InChI is InChI=1S/C23H23N3O5/c27-22(12-11-17-7-6-8-18(15-17)26(29)30)25-16-21(23(28)24-13-4-1-5-14-24)31-20-10-3-2-9-19(20)25/h2-3,6-12,15,21H,1,4-5,13-14,16H2/b12-11+/t21-/m0/s1. The first-order valence-electron chi connectivity index (χ1n) is 10.3. The second-order valence-electron chi connectivity index (χ2n) is 7.59. The normalized spacial score (nSPS) is 18.4. The van der Waals surface area contributed by atoms with E-state index in [4.69, 9.17) is 4.74 Å². The molecule has 1 saturated heterocycles. The van der Waals surface area contributed by atoms with Gasteiger partial charge in [-0.15, -0.1) is 0 Å². The van der Waals surface area contributed by atoms with Gasteiger partial charge in [0.2, 0.25) is 0 Å². The fourth-order valence-electron chi connectivity index (χ4n) is 3.89. The molecule has 31 heavy (non-hydrogen) atoms. The summed E-state index contributed by atoms with van der Waals surface area (Å²) in [7, 11) is 0. The van der Waals surface area contributed by atoms with Crippen LogP contribution >= 0.6 is 0 Å². The van der Waals surface area contributed by atoms with Crippen molar-refractivity contribution in [3.05, 3.63) is 70.3 Å². The average Bonchev–Trinajstić information content (AvgIpc) is 2.82. The predicted octanol–water partition coefficient (Wildman–Crippen LogP) is 3.41. The summed E-state index contributed by atoms with van der Waals surface area (Å²) >= 11 is 0. The highest BCUT2D eigenvalue weighted by Gasteiger charge is 2.35. The van der Waals surface area contributed by atoms with E-state index in [2.05, 4.69) is 0 Å². The third-order valence-electron chi connectivity index (χ3n) is 5.48. The molecule has 0 aliphatic carbocycles. The van der Waals surface area contributed by atoms with Gasteiger partial charge >= 0.3 is 0 Å². The van der Waals surface area contributed by atoms with Gasteiger partial charge in [-0.1, -0.05) is 24.3 Å². The van der Waals surface area contributed by atoms with Gasteiger partial charge in [-0.25, -0.2) is 0 Å². The Labute approximate surface area is 179 Å². The minimum Gasteiger partial charge on any atom is -0.476 e. The van der Waals surface area contributed by atoms with Crippen LogP contribution in [0.2, 0.25) is 0 Å². The number of fused-ring (bicyclic) bond motifs is 1. The molecule has 2 aliphatic rings. The van der Waals surface area contributed by atoms with Gasteiger partial charge in [0, 0.05) is 31.3 Å². The van der Waals surface area contributed by atoms with Crippen molar-refractivity contribution in [2.24, 2.45) is 0 Å². The smallest absolute Gasteiger partial charge is 0.270 e. The number of ether oxygens (including phenoxy) is 1. The van der Waals surface area contributed by atoms with Crippen LogP contribution in [0.25, 0.3) is 6.08 Å². The summed E-state index contributed by atoms with van der Waals surface area (Å²) < 4.78 is 5.95. The Hall–Kier alpha value is -3.68. The molecular formula is C23H23N3O5. The van der Waals surface area contributed by atoms with Crippen molar-refractivity contribution in [1.29, 1.82) is 0 Å². The van der Waals surface area contributed by atoms with Crippen LogP contribution in [0.15, 0.2) is 54.6 Å². The molecule has 0 aromatic heterocycles. The van der Waals surface area contributed by atoms with Crippen molar-refractivity contribution in [2.75, 3.05) is 24.5 Å². The van der Waals surface area contributed by atoms with E-state index in [0.29, 0.717) is 30.1 Å². The Kier molecular flexibility index (Phi) is 5.97. The molecule has 2 amide bonds. The van der Waals surface area contributed by atoms with Crippen LogP contribution in [0.1, 0.15) is 24.8 Å². The number of likely N-dealkylation sites (tertiary alicyclic amines) is 1. The third-order valence-corrected chi connectivity index (χ3v) is 5.48. The summed E-state index contributed by atoms with van der Waals surface area (Å²) in [5, 5.41) is 11.0. The van der Waals surface area contributed by atoms with E-state index in [1.54, 1.807) is 36.4 Å². The van der Waals surface area contributed by atoms with Gasteiger partial charge in [0.1, 0.15) is 5.75 Å². The summed E-state index contributed by atoms with van der Waals surface area (Å²) in [5.74, 6) is 0.0644. The average molecular weight is 421 g/mol. The highest BCUT2D eigenvalue weighted by molar-refractivity contribution is 6.05. The number of para-hydroxylation sites is 2. The van der Waals surface area contributed by atoms with E-state index in [-0.39, 0.29) is 24.0 Å². The van der Waals surface area contributed by atoms with Crippen molar-refractivity contribution in [2.45, 2.75) is 25.4 Å². The molecule has 0 saturated carbocycles. The van der Waals surface area contributed by atoms with E-state index in [1.165, 1.54) is 29.2 Å². The number of piperidine rings is 1. The lowest BCUT2D eigenvalue weighted by Gasteiger charge is -2.37. The van der Waals surface area contributed by atoms with Crippen LogP contribution < -0.4 is 9.64 Å². The predicted molar refractivity (Wildman–Crippen MR) is 116 cm³/mol. The fraction of sp³-hybridized carbons (Fsp3) is 0.304. The zero-order valence-electron chi connectivity index (χ0n) is 17.0. The monoisotopic (exact) mass is 421 g/mol. The van der Waals surface area contributed by atoms with Crippen molar-refractivity contribution < 1.29 is 19.2 Å². The SMILES string of the molecule is O=C([C@@H]1CN(C(=O)/C=C/c2cccc([N+](=O)[O-])c2)c2ccccc2O1)N1CCCCC1. The number of benzene rings is 2. The molecule has 1 fully saturated rings. The third kappa shape index (κ3) is 4.58. The lowest BCUT2D eigenvalue weighted by Crippen LogP contribution is -2.52. The molecule has 0 N–H and O–H groups in total. The van der Waals surface area contributed by atoms with Crippen molar-refractivity contribution in [3.8, 4) is 5.75 Å². The number of hydrogen-bond donors (Lipinski definition) is 0. The van der Waals surface area contributed by atoms with Crippen LogP contribution in [-0.2, 0) is 9.59 Å². The quantitative estimate of drug-likeness (QED) is 0.428. The van der Waals surface area contributed by atoms with Crippen molar-refractivity contribution in [1.82, 2.24) is 4.90 Å². The lowest BCUT2D eigenvalue weighted by molar-refractivity contribution is -0.384. The number of non-ortho nitro benzene ring substituents is 1. The van der Waals surface area contributed by atoms with Crippen LogP contribution in [0.4, 0.5) is 11.4 Å². The Balaban J connectivity index is 1.55. The highest BCUT2D eigenvalue weighted by atomic mass is 16.6. The van der Waals surface area contributed by atoms with E-state index < -0.39 is 11.0 Å². The topological polar surface area (TPSA) is 93.0 Å². The first-order valence-corrected chi connectivity index (χ1v) is 10.3. The number of nitro benzene ring substituents is 1. The summed E-state index contributed by atoms with van der Waals surface area (Å²) in [6, 6.07) is 13.2. The summed E-state index contributed by atoms with van der Waals surface area (Å²) in [4.78, 5) is 39.8. The number of hydrogen-bond acceptors (Lipinski definition) is 5. The number of nitro groups is 1. The van der Waals surface area contributed by atoms with Crippen LogP contribution in [-0.4, -0.2) is 47.4 Å². The van der Waals surface area contributed by atoms with Crippen molar-refractivity contribution in [3.63, 3.8) is 0 Å². The van der Waals surface area contributed by atoms with Gasteiger partial charge in [0.25, 0.3) is 17.5 Å². The molecule has 0 bridgehead atoms. The van der Waals surface area contributed by atoms with Crippen LogP contribution in [0.5, 0.6) is 5.75 Å². The first kappa shape index (κ1) is 20.6. The minimum atomic E-state index is -0.761. The van der Waals surface area contributed by atoms with E-state index in [1.807, 2.05) is 4.90 Å². The number of carbonyl (C=O) groups is 2. The molecule has 1 atom stereocenters. The maximum absolute atomic E-state index is 13.0. The largest absolute Gasteiger partial charge is 0.476 e. The minimum absolute atomic E-state index is 0.0430. The van der Waals surface area contributed by atoms with Gasteiger partial charge in [0.15, 0.2) is 6.10 Å². The summed E-state index contributed by atoms with van der Waals surface area (Å²) in [5.41, 5.74) is 1.10. The molecule has 8 nitrogen and oxygen atoms in total. The molecule has 0 radical (unpaired) electrons. The number of rotatable bonds is 4. The van der Waals surface area contributed by atoms with E-state index >= 15 is 0 Å². The molecule has 2 aromatic rings. The molecule has 0 spiro atoms. The molecule has 2 aromatic carbocycles. The second kappa shape index (κ2) is 8.99.